The number of nitrogens with one attached hydrogen (secondary N) is 1. The fourth-order valence-electron chi connectivity index (χ4n) is 1.95. The summed E-state index contributed by atoms with van der Waals surface area (Å²) in [7, 11) is 0. The maximum atomic E-state index is 13.3. The second kappa shape index (κ2) is 6.13. The lowest BCUT2D eigenvalue weighted by molar-refractivity contribution is 0.506. The van der Waals surface area contributed by atoms with E-state index in [1.165, 1.54) is 17.8 Å². The molecule has 0 spiro atoms. The molecule has 0 saturated carbocycles. The van der Waals surface area contributed by atoms with Crippen molar-refractivity contribution in [1.29, 1.82) is 0 Å². The van der Waals surface area contributed by atoms with Crippen molar-refractivity contribution in [2.24, 2.45) is 0 Å². The van der Waals surface area contributed by atoms with Gasteiger partial charge in [0.15, 0.2) is 16.6 Å². The van der Waals surface area contributed by atoms with Gasteiger partial charge in [0.05, 0.1) is 5.69 Å². The molecule has 2 aromatic heterocycles. The molecule has 3 nitrogen and oxygen atoms in total. The Kier molecular flexibility index (Phi) is 4.23. The number of thiazole rings is 1. The Hall–Kier alpha value is -1.44. The zero-order valence-electron chi connectivity index (χ0n) is 11.3. The van der Waals surface area contributed by atoms with Crippen molar-refractivity contribution >= 4 is 28.1 Å². The Bertz CT molecular complexity index is 767. The summed E-state index contributed by atoms with van der Waals surface area (Å²) in [6.07, 6.45) is 1.97. The van der Waals surface area contributed by atoms with E-state index in [2.05, 4.69) is 10.3 Å². The summed E-state index contributed by atoms with van der Waals surface area (Å²) < 4.78 is 28.3. The van der Waals surface area contributed by atoms with Crippen LogP contribution >= 0.6 is 23.1 Å². The number of rotatable bonds is 5. The van der Waals surface area contributed by atoms with E-state index >= 15 is 0 Å². The first-order valence-electron chi connectivity index (χ1n) is 6.47. The van der Waals surface area contributed by atoms with Crippen LogP contribution in [0.25, 0.3) is 4.96 Å². The monoisotopic (exact) mass is 325 g/mol. The Labute approximate surface area is 129 Å². The van der Waals surface area contributed by atoms with E-state index in [-0.39, 0.29) is 0 Å². The van der Waals surface area contributed by atoms with Gasteiger partial charge in [-0.2, -0.15) is 0 Å². The van der Waals surface area contributed by atoms with Gasteiger partial charge in [0, 0.05) is 23.0 Å². The lowest BCUT2D eigenvalue weighted by Crippen LogP contribution is -2.13. The standard InChI is InChI=1S/C14H13F2N3S2/c1-2-17-8-12-13(18-14-19(12)5-6-20-14)21-9-3-4-10(15)11(16)7-9/h3-7,17H,2,8H2,1H3. The van der Waals surface area contributed by atoms with E-state index in [9.17, 15) is 8.78 Å². The molecular formula is C14H13F2N3S2. The average Bonchev–Trinajstić information content (AvgIpc) is 3.02. The highest BCUT2D eigenvalue weighted by Crippen LogP contribution is 2.32. The predicted molar refractivity (Wildman–Crippen MR) is 80.9 cm³/mol. The lowest BCUT2D eigenvalue weighted by Gasteiger charge is -2.05. The molecule has 0 atom stereocenters. The average molecular weight is 325 g/mol. The Balaban J connectivity index is 1.94. The molecule has 0 aliphatic carbocycles. The molecular weight excluding hydrogens is 312 g/mol. The third kappa shape index (κ3) is 2.95. The van der Waals surface area contributed by atoms with Crippen LogP contribution in [0.5, 0.6) is 0 Å². The number of halogens is 2. The van der Waals surface area contributed by atoms with Crippen molar-refractivity contribution < 1.29 is 8.78 Å². The number of imidazole rings is 1. The molecule has 21 heavy (non-hydrogen) atoms. The molecule has 7 heteroatoms. The third-order valence-corrected chi connectivity index (χ3v) is 4.74. The maximum Gasteiger partial charge on any atom is 0.194 e. The van der Waals surface area contributed by atoms with Gasteiger partial charge in [0.1, 0.15) is 5.03 Å². The molecule has 1 N–H and O–H groups in total. The first kappa shape index (κ1) is 14.5. The number of benzene rings is 1. The van der Waals surface area contributed by atoms with Crippen LogP contribution in [0.4, 0.5) is 8.78 Å². The Morgan fingerprint density at radius 1 is 1.33 bits per heavy atom. The molecule has 2 heterocycles. The molecule has 0 unspecified atom stereocenters. The SMILES string of the molecule is CCNCc1c(Sc2ccc(F)c(F)c2)nc2sccn12. The molecule has 0 radical (unpaired) electrons. The van der Waals surface area contributed by atoms with E-state index < -0.39 is 11.6 Å². The largest absolute Gasteiger partial charge is 0.311 e. The number of fused-ring (bicyclic) bond motifs is 1. The van der Waals surface area contributed by atoms with Gasteiger partial charge in [0.2, 0.25) is 0 Å². The van der Waals surface area contributed by atoms with Crippen molar-refractivity contribution in [2.45, 2.75) is 23.4 Å². The number of aromatic nitrogens is 2. The summed E-state index contributed by atoms with van der Waals surface area (Å²) in [5, 5.41) is 6.07. The molecule has 0 fully saturated rings. The van der Waals surface area contributed by atoms with Gasteiger partial charge >= 0.3 is 0 Å². The van der Waals surface area contributed by atoms with Gasteiger partial charge in [-0.1, -0.05) is 18.7 Å². The van der Waals surface area contributed by atoms with Gasteiger partial charge in [-0.05, 0) is 24.7 Å². The summed E-state index contributed by atoms with van der Waals surface area (Å²) in [4.78, 5) is 6.09. The number of nitrogens with zero attached hydrogens (tertiary/aromatic N) is 2. The smallest absolute Gasteiger partial charge is 0.194 e. The van der Waals surface area contributed by atoms with Crippen LogP contribution in [0.3, 0.4) is 0 Å². The number of hydrogen-bond acceptors (Lipinski definition) is 4. The van der Waals surface area contributed by atoms with Gasteiger partial charge in [-0.25, -0.2) is 13.8 Å². The predicted octanol–water partition coefficient (Wildman–Crippen LogP) is 3.93. The normalized spacial score (nSPS) is 11.4. The Morgan fingerprint density at radius 2 is 2.19 bits per heavy atom. The van der Waals surface area contributed by atoms with E-state index in [0.717, 1.165) is 28.3 Å². The molecule has 3 rings (SSSR count). The summed E-state index contributed by atoms with van der Waals surface area (Å²) in [5.41, 5.74) is 1.03. The van der Waals surface area contributed by atoms with Crippen LogP contribution in [0, 0.1) is 11.6 Å². The van der Waals surface area contributed by atoms with Gasteiger partial charge in [-0.15, -0.1) is 11.3 Å². The van der Waals surface area contributed by atoms with Crippen LogP contribution in [0.2, 0.25) is 0 Å². The molecule has 0 saturated heterocycles. The van der Waals surface area contributed by atoms with Crippen LogP contribution in [-0.2, 0) is 6.54 Å². The van der Waals surface area contributed by atoms with Crippen molar-refractivity contribution in [3.05, 3.63) is 47.1 Å². The topological polar surface area (TPSA) is 29.3 Å². The maximum absolute atomic E-state index is 13.3. The van der Waals surface area contributed by atoms with E-state index in [1.807, 2.05) is 22.9 Å². The quantitative estimate of drug-likeness (QED) is 0.770. The van der Waals surface area contributed by atoms with Crippen LogP contribution in [0.15, 0.2) is 39.7 Å². The van der Waals surface area contributed by atoms with Crippen LogP contribution in [-0.4, -0.2) is 15.9 Å². The Morgan fingerprint density at radius 3 is 2.95 bits per heavy atom. The summed E-state index contributed by atoms with van der Waals surface area (Å²) in [6, 6.07) is 3.90. The van der Waals surface area contributed by atoms with Crippen molar-refractivity contribution in [3.8, 4) is 0 Å². The highest BCUT2D eigenvalue weighted by Gasteiger charge is 2.14. The lowest BCUT2D eigenvalue weighted by atomic mass is 10.3. The van der Waals surface area contributed by atoms with Gasteiger partial charge in [-0.3, -0.25) is 4.40 Å². The molecule has 3 aromatic rings. The highest BCUT2D eigenvalue weighted by atomic mass is 32.2. The summed E-state index contributed by atoms with van der Waals surface area (Å²) in [6.45, 7) is 3.57. The molecule has 0 aliphatic heterocycles. The molecule has 0 amide bonds. The van der Waals surface area contributed by atoms with Crippen molar-refractivity contribution in [3.63, 3.8) is 0 Å². The minimum atomic E-state index is -0.839. The molecule has 110 valence electrons. The number of hydrogen-bond donors (Lipinski definition) is 1. The summed E-state index contributed by atoms with van der Waals surface area (Å²) >= 11 is 2.89. The second-order valence-electron chi connectivity index (χ2n) is 4.38. The highest BCUT2D eigenvalue weighted by molar-refractivity contribution is 7.99. The second-order valence-corrected chi connectivity index (χ2v) is 6.31. The minimum absolute atomic E-state index is 0.636. The third-order valence-electron chi connectivity index (χ3n) is 2.97. The molecule has 0 aliphatic rings. The van der Waals surface area contributed by atoms with Gasteiger partial charge < -0.3 is 5.32 Å². The van der Waals surface area contributed by atoms with E-state index in [4.69, 9.17) is 0 Å². The first-order chi connectivity index (χ1) is 10.2. The van der Waals surface area contributed by atoms with E-state index in [1.54, 1.807) is 17.4 Å². The first-order valence-corrected chi connectivity index (χ1v) is 8.16. The van der Waals surface area contributed by atoms with Crippen molar-refractivity contribution in [1.82, 2.24) is 14.7 Å². The zero-order chi connectivity index (χ0) is 14.8. The van der Waals surface area contributed by atoms with Gasteiger partial charge in [0.25, 0.3) is 0 Å². The van der Waals surface area contributed by atoms with Crippen LogP contribution in [0.1, 0.15) is 12.6 Å². The summed E-state index contributed by atoms with van der Waals surface area (Å²) in [5.74, 6) is -1.67. The minimum Gasteiger partial charge on any atom is -0.311 e. The molecule has 1 aromatic carbocycles. The van der Waals surface area contributed by atoms with E-state index in [0.29, 0.717) is 11.4 Å². The zero-order valence-corrected chi connectivity index (χ0v) is 12.9. The molecule has 0 bridgehead atoms. The van der Waals surface area contributed by atoms with Crippen LogP contribution < -0.4 is 5.32 Å². The fourth-order valence-corrected chi connectivity index (χ4v) is 3.68. The fraction of sp³-hybridized carbons (Fsp3) is 0.214. The van der Waals surface area contributed by atoms with Crippen molar-refractivity contribution in [2.75, 3.05) is 6.54 Å².